The number of nitrogens with zero attached hydrogens (tertiary/aromatic N) is 2. The molecule has 0 spiro atoms. The standard InChI is InChI=1S/C22H22N2O5/c1-4-29-21(26)18(20(25)14-9-11-16(12-10-14)24(27)28)19-17-8-6-5-7-15(17)13-22(2,3)23-19/h5-12,18H,4,13H2,1-3H3/t18-/m1/s1. The molecular formula is C22H22N2O5. The van der Waals surface area contributed by atoms with Crippen LogP contribution in [0.2, 0.25) is 0 Å². The van der Waals surface area contributed by atoms with Gasteiger partial charge in [0.1, 0.15) is 0 Å². The molecule has 3 rings (SSSR count). The fourth-order valence-electron chi connectivity index (χ4n) is 3.52. The summed E-state index contributed by atoms with van der Waals surface area (Å²) < 4.78 is 5.20. The van der Waals surface area contributed by atoms with Gasteiger partial charge >= 0.3 is 5.97 Å². The second-order valence-electron chi connectivity index (χ2n) is 7.50. The van der Waals surface area contributed by atoms with Crippen LogP contribution in [-0.4, -0.2) is 34.5 Å². The molecule has 0 saturated carbocycles. The van der Waals surface area contributed by atoms with Crippen molar-refractivity contribution in [3.63, 3.8) is 0 Å². The second-order valence-corrected chi connectivity index (χ2v) is 7.50. The highest BCUT2D eigenvalue weighted by molar-refractivity contribution is 6.29. The molecule has 0 aliphatic carbocycles. The van der Waals surface area contributed by atoms with Gasteiger partial charge in [0.25, 0.3) is 5.69 Å². The van der Waals surface area contributed by atoms with Crippen molar-refractivity contribution in [1.29, 1.82) is 0 Å². The van der Waals surface area contributed by atoms with Crippen LogP contribution in [0.15, 0.2) is 53.5 Å². The van der Waals surface area contributed by atoms with Gasteiger partial charge in [0, 0.05) is 23.3 Å². The topological polar surface area (TPSA) is 98.9 Å². The van der Waals surface area contributed by atoms with Crippen LogP contribution in [0.25, 0.3) is 0 Å². The van der Waals surface area contributed by atoms with E-state index in [0.717, 1.165) is 11.1 Å². The second kappa shape index (κ2) is 7.95. The lowest BCUT2D eigenvalue weighted by molar-refractivity contribution is -0.384. The minimum atomic E-state index is -1.24. The van der Waals surface area contributed by atoms with Gasteiger partial charge < -0.3 is 4.74 Å². The van der Waals surface area contributed by atoms with Gasteiger partial charge in [-0.3, -0.25) is 24.7 Å². The van der Waals surface area contributed by atoms with Crippen molar-refractivity contribution in [3.8, 4) is 0 Å². The van der Waals surface area contributed by atoms with Crippen molar-refractivity contribution < 1.29 is 19.2 Å². The molecule has 7 heteroatoms. The maximum absolute atomic E-state index is 13.3. The van der Waals surface area contributed by atoms with Gasteiger partial charge in [-0.15, -0.1) is 0 Å². The first-order valence-corrected chi connectivity index (χ1v) is 9.37. The number of benzene rings is 2. The zero-order valence-electron chi connectivity index (χ0n) is 16.5. The zero-order chi connectivity index (χ0) is 21.2. The Kier molecular flexibility index (Phi) is 5.59. The van der Waals surface area contributed by atoms with Crippen LogP contribution in [0.5, 0.6) is 0 Å². The molecule has 150 valence electrons. The number of ketones is 1. The van der Waals surface area contributed by atoms with E-state index in [1.807, 2.05) is 38.1 Å². The molecule has 0 saturated heterocycles. The number of nitro groups is 1. The third-order valence-electron chi connectivity index (χ3n) is 4.76. The largest absolute Gasteiger partial charge is 0.465 e. The van der Waals surface area contributed by atoms with E-state index in [9.17, 15) is 19.7 Å². The summed E-state index contributed by atoms with van der Waals surface area (Å²) in [6, 6.07) is 12.8. The number of rotatable bonds is 6. The van der Waals surface area contributed by atoms with Gasteiger partial charge in [-0.05, 0) is 44.9 Å². The number of carbonyl (C=O) groups excluding carboxylic acids is 2. The van der Waals surface area contributed by atoms with Gasteiger partial charge in [-0.1, -0.05) is 24.3 Å². The Morgan fingerprint density at radius 3 is 2.45 bits per heavy atom. The minimum absolute atomic E-state index is 0.126. The molecule has 1 aliphatic rings. The van der Waals surface area contributed by atoms with Crippen LogP contribution in [0.3, 0.4) is 0 Å². The first-order chi connectivity index (χ1) is 13.7. The average Bonchev–Trinajstić information content (AvgIpc) is 2.67. The fraction of sp³-hybridized carbons (Fsp3) is 0.318. The molecule has 0 unspecified atom stereocenters. The molecule has 1 atom stereocenters. The van der Waals surface area contributed by atoms with Crippen LogP contribution >= 0.6 is 0 Å². The van der Waals surface area contributed by atoms with Crippen LogP contribution < -0.4 is 0 Å². The number of esters is 1. The summed E-state index contributed by atoms with van der Waals surface area (Å²) in [5.74, 6) is -2.41. The van der Waals surface area contributed by atoms with E-state index >= 15 is 0 Å². The molecule has 7 nitrogen and oxygen atoms in total. The monoisotopic (exact) mass is 394 g/mol. The van der Waals surface area contributed by atoms with Crippen LogP contribution in [0.1, 0.15) is 42.3 Å². The lowest BCUT2D eigenvalue weighted by atomic mass is 9.81. The van der Waals surface area contributed by atoms with Gasteiger partial charge in [0.15, 0.2) is 11.7 Å². The number of aliphatic imine (C=N–C) groups is 1. The maximum Gasteiger partial charge on any atom is 0.323 e. The van der Waals surface area contributed by atoms with Crippen molar-refractivity contribution in [1.82, 2.24) is 0 Å². The number of non-ortho nitro benzene ring substituents is 1. The number of nitro benzene ring substituents is 1. The van der Waals surface area contributed by atoms with Crippen LogP contribution in [0.4, 0.5) is 5.69 Å². The zero-order valence-corrected chi connectivity index (χ0v) is 16.5. The molecule has 1 aliphatic heterocycles. The summed E-state index contributed by atoms with van der Waals surface area (Å²) in [6.07, 6.45) is 0.688. The predicted octanol–water partition coefficient (Wildman–Crippen LogP) is 3.78. The molecular weight excluding hydrogens is 372 g/mol. The summed E-state index contributed by atoms with van der Waals surface area (Å²) in [5.41, 5.74) is 1.71. The normalized spacial score (nSPS) is 15.6. The van der Waals surface area contributed by atoms with E-state index < -0.39 is 28.1 Å². The van der Waals surface area contributed by atoms with Crippen molar-refractivity contribution in [2.24, 2.45) is 10.9 Å². The molecule has 0 fully saturated rings. The Morgan fingerprint density at radius 1 is 1.17 bits per heavy atom. The van der Waals surface area contributed by atoms with Crippen LogP contribution in [-0.2, 0) is 16.0 Å². The van der Waals surface area contributed by atoms with E-state index in [1.165, 1.54) is 24.3 Å². The molecule has 0 aromatic heterocycles. The Bertz CT molecular complexity index is 993. The summed E-state index contributed by atoms with van der Waals surface area (Å²) in [5, 5.41) is 10.9. The first kappa shape index (κ1) is 20.4. The molecule has 0 bridgehead atoms. The van der Waals surface area contributed by atoms with E-state index in [0.29, 0.717) is 12.1 Å². The highest BCUT2D eigenvalue weighted by atomic mass is 16.6. The molecule has 1 heterocycles. The first-order valence-electron chi connectivity index (χ1n) is 9.37. The highest BCUT2D eigenvalue weighted by Crippen LogP contribution is 2.31. The van der Waals surface area contributed by atoms with Gasteiger partial charge in [-0.25, -0.2) is 0 Å². The molecule has 0 amide bonds. The Balaban J connectivity index is 2.10. The SMILES string of the molecule is CCOC(=O)[C@@H](C(=O)c1ccc([N+](=O)[O-])cc1)C1=NC(C)(C)Cc2ccccc21. The van der Waals surface area contributed by atoms with E-state index in [-0.39, 0.29) is 17.9 Å². The Labute approximate surface area is 168 Å². The molecule has 29 heavy (non-hydrogen) atoms. The Morgan fingerprint density at radius 2 is 1.83 bits per heavy atom. The van der Waals surface area contributed by atoms with Crippen molar-refractivity contribution in [2.45, 2.75) is 32.7 Å². The lowest BCUT2D eigenvalue weighted by Gasteiger charge is -2.31. The number of hydrogen-bond donors (Lipinski definition) is 0. The molecule has 0 radical (unpaired) electrons. The Hall–Kier alpha value is -3.35. The number of ether oxygens (including phenoxy) is 1. The number of carbonyl (C=O) groups is 2. The lowest BCUT2D eigenvalue weighted by Crippen LogP contribution is -2.39. The summed E-state index contributed by atoms with van der Waals surface area (Å²) in [7, 11) is 0. The minimum Gasteiger partial charge on any atom is -0.465 e. The van der Waals surface area contributed by atoms with Crippen molar-refractivity contribution in [2.75, 3.05) is 6.61 Å². The fourth-order valence-corrected chi connectivity index (χ4v) is 3.52. The summed E-state index contributed by atoms with van der Waals surface area (Å²) in [4.78, 5) is 41.2. The van der Waals surface area contributed by atoms with Crippen molar-refractivity contribution >= 4 is 23.2 Å². The van der Waals surface area contributed by atoms with E-state index in [1.54, 1.807) is 6.92 Å². The van der Waals surface area contributed by atoms with E-state index in [4.69, 9.17) is 9.73 Å². The highest BCUT2D eigenvalue weighted by Gasteiger charge is 2.39. The predicted molar refractivity (Wildman–Crippen MR) is 108 cm³/mol. The maximum atomic E-state index is 13.3. The van der Waals surface area contributed by atoms with Crippen LogP contribution in [0, 0.1) is 16.0 Å². The van der Waals surface area contributed by atoms with Gasteiger partial charge in [0.2, 0.25) is 0 Å². The summed E-state index contributed by atoms with van der Waals surface area (Å²) in [6.45, 7) is 5.69. The third kappa shape index (κ3) is 4.23. The molecule has 0 N–H and O–H groups in total. The number of hydrogen-bond acceptors (Lipinski definition) is 6. The quantitative estimate of drug-likeness (QED) is 0.244. The van der Waals surface area contributed by atoms with Gasteiger partial charge in [0.05, 0.1) is 22.8 Å². The number of Topliss-reactive ketones (excluding diaryl/α,β-unsaturated/α-hetero) is 1. The number of fused-ring (bicyclic) bond motifs is 1. The third-order valence-corrected chi connectivity index (χ3v) is 4.76. The summed E-state index contributed by atoms with van der Waals surface area (Å²) >= 11 is 0. The average molecular weight is 394 g/mol. The van der Waals surface area contributed by atoms with Crippen molar-refractivity contribution in [3.05, 3.63) is 75.3 Å². The van der Waals surface area contributed by atoms with Gasteiger partial charge in [-0.2, -0.15) is 0 Å². The molecule has 2 aromatic carbocycles. The smallest absolute Gasteiger partial charge is 0.323 e. The molecule has 2 aromatic rings. The van der Waals surface area contributed by atoms with E-state index in [2.05, 4.69) is 0 Å².